The van der Waals surface area contributed by atoms with E-state index in [2.05, 4.69) is 11.3 Å². The minimum Gasteiger partial charge on any atom is -0.498 e. The lowest BCUT2D eigenvalue weighted by molar-refractivity contribution is -0.227. The van der Waals surface area contributed by atoms with E-state index in [9.17, 15) is 13.2 Å². The van der Waals surface area contributed by atoms with Crippen molar-refractivity contribution in [3.8, 4) is 11.1 Å². The minimum atomic E-state index is -4.08. The van der Waals surface area contributed by atoms with Crippen molar-refractivity contribution < 1.29 is 27.0 Å². The van der Waals surface area contributed by atoms with Crippen LogP contribution in [0.1, 0.15) is 37.5 Å². The molecule has 160 valence electrons. The van der Waals surface area contributed by atoms with Gasteiger partial charge in [0.15, 0.2) is 5.76 Å². The molecule has 0 radical (unpaired) electrons. The normalized spacial score (nSPS) is 15.2. The Morgan fingerprint density at radius 2 is 1.63 bits per heavy atom. The van der Waals surface area contributed by atoms with E-state index in [-0.39, 0.29) is 22.5 Å². The predicted octanol–water partition coefficient (Wildman–Crippen LogP) is 7.65. The molecule has 2 aromatic carbocycles. The lowest BCUT2D eigenvalue weighted by Gasteiger charge is -2.29. The Labute approximate surface area is 174 Å². The molecule has 0 spiro atoms. The molecule has 6 heteroatoms. The summed E-state index contributed by atoms with van der Waals surface area (Å²) in [5.41, 5.74) is 0.175. The van der Waals surface area contributed by atoms with Gasteiger partial charge in [0.1, 0.15) is 17.1 Å². The molecule has 3 rings (SSSR count). The number of aryl methyl sites for hydroxylation is 1. The van der Waals surface area contributed by atoms with Gasteiger partial charge < -0.3 is 9.47 Å². The van der Waals surface area contributed by atoms with Crippen molar-refractivity contribution in [3.63, 3.8) is 0 Å². The summed E-state index contributed by atoms with van der Waals surface area (Å²) >= 11 is 0. The number of allylic oxidation sites excluding steroid dienone is 4. The number of hydrogen-bond acceptors (Lipinski definition) is 2. The van der Waals surface area contributed by atoms with Crippen LogP contribution in [-0.4, -0.2) is 7.11 Å². The molecular formula is C24H24F4O2. The molecule has 0 amide bonds. The molecule has 0 bridgehead atoms. The number of halogens is 4. The third-order valence-electron chi connectivity index (χ3n) is 4.58. The second-order valence-electron chi connectivity index (χ2n) is 6.36. The second-order valence-corrected chi connectivity index (χ2v) is 6.36. The number of hydrogen-bond donors (Lipinski definition) is 0. The fourth-order valence-electron chi connectivity index (χ4n) is 3.01. The van der Waals surface area contributed by atoms with E-state index < -0.39 is 29.1 Å². The monoisotopic (exact) mass is 420 g/mol. The molecule has 0 saturated heterocycles. The molecule has 2 nitrogen and oxygen atoms in total. The Kier molecular flexibility index (Phi) is 7.13. The van der Waals surface area contributed by atoms with Crippen molar-refractivity contribution in [1.29, 1.82) is 0 Å². The van der Waals surface area contributed by atoms with Crippen LogP contribution in [0.15, 0.2) is 66.4 Å². The van der Waals surface area contributed by atoms with Gasteiger partial charge >= 0.3 is 6.11 Å². The Morgan fingerprint density at radius 1 is 1.07 bits per heavy atom. The van der Waals surface area contributed by atoms with E-state index in [1.165, 1.54) is 26.2 Å². The van der Waals surface area contributed by atoms with E-state index in [1.807, 2.05) is 20.8 Å². The Bertz CT molecular complexity index is 1000. The quantitative estimate of drug-likeness (QED) is 0.374. The Balaban J connectivity index is 0.00000155. The smallest absolute Gasteiger partial charge is 0.430 e. The zero-order chi connectivity index (χ0) is 22.6. The lowest BCUT2D eigenvalue weighted by atomic mass is 9.90. The number of benzene rings is 2. The largest absolute Gasteiger partial charge is 0.498 e. The summed E-state index contributed by atoms with van der Waals surface area (Å²) in [6.45, 7) is 10.7. The maximum atomic E-state index is 15.2. The molecule has 1 heterocycles. The first-order valence-corrected chi connectivity index (χ1v) is 9.46. The van der Waals surface area contributed by atoms with Gasteiger partial charge in [-0.15, -0.1) is 0 Å². The number of rotatable bonds is 4. The Morgan fingerprint density at radius 3 is 2.17 bits per heavy atom. The molecule has 2 aromatic rings. The van der Waals surface area contributed by atoms with Crippen LogP contribution in [0.3, 0.4) is 0 Å². The summed E-state index contributed by atoms with van der Waals surface area (Å²) in [6.07, 6.45) is -2.93. The highest BCUT2D eigenvalue weighted by atomic mass is 19.3. The number of alkyl halides is 2. The standard InChI is InChI=1S/C22H18F4O2.C2H6/c1-5-15-17-11-10-16(14-8-6-12(2)7-9-14)20(24)18(17)22(25,26)28-21(15)19(23)13(3)27-4;1-2/h5-11H,1H2,2-4H3;1-2H3/b19-13-;. The molecule has 0 unspecified atom stereocenters. The topological polar surface area (TPSA) is 18.5 Å². The summed E-state index contributed by atoms with van der Waals surface area (Å²) in [5, 5.41) is 0. The molecule has 1 aliphatic rings. The summed E-state index contributed by atoms with van der Waals surface area (Å²) < 4.78 is 68.5. The second kappa shape index (κ2) is 9.20. The first kappa shape index (κ1) is 23.3. The van der Waals surface area contributed by atoms with Crippen molar-refractivity contribution in [3.05, 3.63) is 88.9 Å². The SMILES string of the molecule is C=CC1=C(/C(F)=C(\C)OC)OC(F)(F)c2c1ccc(-c1ccc(C)cc1)c2F.CC. The third kappa shape index (κ3) is 4.13. The zero-order valence-corrected chi connectivity index (χ0v) is 17.6. The van der Waals surface area contributed by atoms with Gasteiger partial charge in [0.2, 0.25) is 5.83 Å². The van der Waals surface area contributed by atoms with Crippen LogP contribution in [0.5, 0.6) is 0 Å². The molecule has 0 atom stereocenters. The van der Waals surface area contributed by atoms with Crippen LogP contribution in [0.2, 0.25) is 0 Å². The first-order valence-electron chi connectivity index (χ1n) is 9.46. The van der Waals surface area contributed by atoms with Gasteiger partial charge in [0.25, 0.3) is 0 Å². The van der Waals surface area contributed by atoms with Gasteiger partial charge in [-0.1, -0.05) is 68.5 Å². The van der Waals surface area contributed by atoms with Crippen molar-refractivity contribution in [2.24, 2.45) is 0 Å². The summed E-state index contributed by atoms with van der Waals surface area (Å²) in [5.74, 6) is -3.22. The molecule has 0 aromatic heterocycles. The highest BCUT2D eigenvalue weighted by Crippen LogP contribution is 2.48. The average Bonchev–Trinajstić information content (AvgIpc) is 2.74. The number of ether oxygens (including phenoxy) is 2. The number of methoxy groups -OCH3 is 1. The van der Waals surface area contributed by atoms with Crippen molar-refractivity contribution >= 4 is 5.57 Å². The summed E-state index contributed by atoms with van der Waals surface area (Å²) in [4.78, 5) is 0. The Hall–Kier alpha value is -3.02. The van der Waals surface area contributed by atoms with E-state index in [1.54, 1.807) is 24.3 Å². The van der Waals surface area contributed by atoms with Crippen LogP contribution >= 0.6 is 0 Å². The molecule has 0 aliphatic carbocycles. The molecule has 30 heavy (non-hydrogen) atoms. The zero-order valence-electron chi connectivity index (χ0n) is 17.6. The molecule has 0 fully saturated rings. The summed E-state index contributed by atoms with van der Waals surface area (Å²) in [7, 11) is 1.20. The van der Waals surface area contributed by atoms with Gasteiger partial charge in [0, 0.05) is 16.7 Å². The fraction of sp³-hybridized carbons (Fsp3) is 0.250. The molecule has 1 aliphatic heterocycles. The van der Waals surface area contributed by atoms with Gasteiger partial charge in [-0.3, -0.25) is 0 Å². The summed E-state index contributed by atoms with van der Waals surface area (Å²) in [6, 6.07) is 9.49. The molecule has 0 saturated carbocycles. The van der Waals surface area contributed by atoms with Crippen LogP contribution < -0.4 is 0 Å². The van der Waals surface area contributed by atoms with Crippen LogP contribution in [0, 0.1) is 12.7 Å². The number of fused-ring (bicyclic) bond motifs is 1. The minimum absolute atomic E-state index is 0.00188. The maximum absolute atomic E-state index is 15.2. The van der Waals surface area contributed by atoms with Gasteiger partial charge in [-0.25, -0.2) is 4.39 Å². The lowest BCUT2D eigenvalue weighted by Crippen LogP contribution is -2.27. The van der Waals surface area contributed by atoms with Gasteiger partial charge in [-0.2, -0.15) is 13.2 Å². The van der Waals surface area contributed by atoms with E-state index in [4.69, 9.17) is 4.74 Å². The molecular weight excluding hydrogens is 396 g/mol. The van der Waals surface area contributed by atoms with Crippen molar-refractivity contribution in [1.82, 2.24) is 0 Å². The fourth-order valence-corrected chi connectivity index (χ4v) is 3.01. The highest BCUT2D eigenvalue weighted by Gasteiger charge is 2.47. The van der Waals surface area contributed by atoms with E-state index >= 15 is 4.39 Å². The maximum Gasteiger partial charge on any atom is 0.430 e. The highest BCUT2D eigenvalue weighted by molar-refractivity contribution is 5.83. The van der Waals surface area contributed by atoms with Crippen LogP contribution in [0.25, 0.3) is 16.7 Å². The van der Waals surface area contributed by atoms with E-state index in [0.29, 0.717) is 5.56 Å². The molecule has 0 N–H and O–H groups in total. The third-order valence-corrected chi connectivity index (χ3v) is 4.58. The van der Waals surface area contributed by atoms with Crippen molar-refractivity contribution in [2.45, 2.75) is 33.8 Å². The van der Waals surface area contributed by atoms with E-state index in [0.717, 1.165) is 11.6 Å². The van der Waals surface area contributed by atoms with Crippen LogP contribution in [-0.2, 0) is 15.6 Å². The van der Waals surface area contributed by atoms with Crippen LogP contribution in [0.4, 0.5) is 17.6 Å². The van der Waals surface area contributed by atoms with Crippen molar-refractivity contribution in [2.75, 3.05) is 7.11 Å². The van der Waals surface area contributed by atoms with Gasteiger partial charge in [-0.05, 0) is 19.4 Å². The average molecular weight is 420 g/mol. The predicted molar refractivity (Wildman–Crippen MR) is 111 cm³/mol. The first-order chi connectivity index (χ1) is 14.2. The van der Waals surface area contributed by atoms with Gasteiger partial charge in [0.05, 0.1) is 7.11 Å².